The van der Waals surface area contributed by atoms with E-state index in [1.165, 1.54) is 31.3 Å². The maximum atomic E-state index is 13.0. The van der Waals surface area contributed by atoms with E-state index in [9.17, 15) is 26.4 Å². The first kappa shape index (κ1) is 22.4. The average Bonchev–Trinajstić information content (AvgIpc) is 2.73. The molecule has 0 aromatic heterocycles. The number of anilines is 2. The lowest BCUT2D eigenvalue weighted by atomic mass is 10.2. The molecular weight excluding hydrogens is 429 g/mol. The summed E-state index contributed by atoms with van der Waals surface area (Å²) in [6.45, 7) is 1.89. The minimum Gasteiger partial charge on any atom is -0.322 e. The topological polar surface area (TPSA) is 66.5 Å². The second-order valence-corrected chi connectivity index (χ2v) is 8.83. The number of nitrogens with one attached hydrogen (secondary N) is 1. The first-order valence-corrected chi connectivity index (χ1v) is 10.6. The van der Waals surface area contributed by atoms with Crippen LogP contribution >= 0.6 is 0 Å². The zero-order chi connectivity index (χ0) is 22.8. The molecule has 0 bridgehead atoms. The molecule has 3 aromatic carbocycles. The fourth-order valence-corrected chi connectivity index (χ4v) is 4.04. The van der Waals surface area contributed by atoms with Gasteiger partial charge in [0.15, 0.2) is 0 Å². The average molecular weight is 448 g/mol. The zero-order valence-electron chi connectivity index (χ0n) is 16.6. The van der Waals surface area contributed by atoms with Crippen molar-refractivity contribution in [3.05, 3.63) is 89.5 Å². The number of alkyl halides is 3. The molecule has 0 saturated carbocycles. The number of sulfonamides is 1. The van der Waals surface area contributed by atoms with Gasteiger partial charge < -0.3 is 5.32 Å². The molecule has 3 rings (SSSR count). The Morgan fingerprint density at radius 1 is 0.935 bits per heavy atom. The van der Waals surface area contributed by atoms with Gasteiger partial charge in [-0.1, -0.05) is 23.8 Å². The summed E-state index contributed by atoms with van der Waals surface area (Å²) in [5.41, 5.74) is 0.820. The van der Waals surface area contributed by atoms with E-state index in [1.807, 2.05) is 6.92 Å². The second kappa shape index (κ2) is 8.43. The number of rotatable bonds is 5. The summed E-state index contributed by atoms with van der Waals surface area (Å²) in [6, 6.07) is 16.3. The molecule has 5 nitrogen and oxygen atoms in total. The molecule has 9 heteroatoms. The van der Waals surface area contributed by atoms with Gasteiger partial charge in [0.2, 0.25) is 0 Å². The van der Waals surface area contributed by atoms with E-state index in [1.54, 1.807) is 24.3 Å². The van der Waals surface area contributed by atoms with Crippen LogP contribution in [0.4, 0.5) is 24.5 Å². The lowest BCUT2D eigenvalue weighted by Gasteiger charge is -2.20. The van der Waals surface area contributed by atoms with Crippen molar-refractivity contribution in [2.24, 2.45) is 0 Å². The Hall–Kier alpha value is -3.33. The number of amides is 1. The summed E-state index contributed by atoms with van der Waals surface area (Å²) in [4.78, 5) is 12.4. The lowest BCUT2D eigenvalue weighted by molar-refractivity contribution is -0.137. The molecule has 1 N–H and O–H groups in total. The summed E-state index contributed by atoms with van der Waals surface area (Å²) in [5, 5.41) is 2.47. The van der Waals surface area contributed by atoms with E-state index in [-0.39, 0.29) is 16.1 Å². The van der Waals surface area contributed by atoms with E-state index in [4.69, 9.17) is 0 Å². The quantitative estimate of drug-likeness (QED) is 0.591. The van der Waals surface area contributed by atoms with Crippen LogP contribution in [0, 0.1) is 6.92 Å². The van der Waals surface area contributed by atoms with Gasteiger partial charge >= 0.3 is 6.18 Å². The predicted octanol–water partition coefficient (Wildman–Crippen LogP) is 5.09. The number of aryl methyl sites for hydroxylation is 1. The standard InChI is InChI=1S/C22H19F3N2O3S/c1-15-6-12-19(13-7-15)27(2)31(29,30)20-5-3-4-16(14-20)21(28)26-18-10-8-17(9-11-18)22(23,24)25/h3-14H,1-2H3,(H,26,28). The zero-order valence-corrected chi connectivity index (χ0v) is 17.5. The third kappa shape index (κ3) is 5.05. The molecule has 162 valence electrons. The number of hydrogen-bond donors (Lipinski definition) is 1. The van der Waals surface area contributed by atoms with Crippen LogP contribution in [0.1, 0.15) is 21.5 Å². The van der Waals surface area contributed by atoms with Crippen LogP contribution in [-0.4, -0.2) is 21.4 Å². The summed E-state index contributed by atoms with van der Waals surface area (Å²) in [7, 11) is -2.52. The largest absolute Gasteiger partial charge is 0.416 e. The second-order valence-electron chi connectivity index (χ2n) is 6.87. The van der Waals surface area contributed by atoms with Crippen LogP contribution in [0.5, 0.6) is 0 Å². The molecule has 1 amide bonds. The number of halogens is 3. The third-order valence-corrected chi connectivity index (χ3v) is 6.40. The number of carbonyl (C=O) groups excluding carboxylic acids is 1. The van der Waals surface area contributed by atoms with E-state index in [2.05, 4.69) is 5.32 Å². The van der Waals surface area contributed by atoms with Crippen LogP contribution in [0.15, 0.2) is 77.7 Å². The van der Waals surface area contributed by atoms with Gasteiger partial charge in [0.05, 0.1) is 16.1 Å². The normalized spacial score (nSPS) is 11.8. The maximum absolute atomic E-state index is 13.0. The van der Waals surface area contributed by atoms with Gasteiger partial charge in [-0.05, 0) is 61.5 Å². The maximum Gasteiger partial charge on any atom is 0.416 e. The van der Waals surface area contributed by atoms with Crippen molar-refractivity contribution in [3.8, 4) is 0 Å². The first-order valence-electron chi connectivity index (χ1n) is 9.13. The highest BCUT2D eigenvalue weighted by molar-refractivity contribution is 7.92. The van der Waals surface area contributed by atoms with Gasteiger partial charge in [-0.3, -0.25) is 9.10 Å². The van der Waals surface area contributed by atoms with Crippen LogP contribution in [-0.2, 0) is 16.2 Å². The molecule has 0 radical (unpaired) electrons. The van der Waals surface area contributed by atoms with Crippen molar-refractivity contribution in [3.63, 3.8) is 0 Å². The smallest absolute Gasteiger partial charge is 0.322 e. The van der Waals surface area contributed by atoms with E-state index < -0.39 is 27.7 Å². The third-order valence-electron chi connectivity index (χ3n) is 4.62. The highest BCUT2D eigenvalue weighted by Gasteiger charge is 2.30. The van der Waals surface area contributed by atoms with Gasteiger partial charge in [0.1, 0.15) is 0 Å². The van der Waals surface area contributed by atoms with Crippen LogP contribution in [0.3, 0.4) is 0 Å². The van der Waals surface area contributed by atoms with Gasteiger partial charge in [-0.15, -0.1) is 0 Å². The van der Waals surface area contributed by atoms with Crippen molar-refractivity contribution < 1.29 is 26.4 Å². The minimum atomic E-state index is -4.48. The number of hydrogen-bond acceptors (Lipinski definition) is 3. The van der Waals surface area contributed by atoms with Crippen molar-refractivity contribution in [1.29, 1.82) is 0 Å². The van der Waals surface area contributed by atoms with E-state index in [0.29, 0.717) is 5.69 Å². The predicted molar refractivity (Wildman–Crippen MR) is 113 cm³/mol. The number of carbonyl (C=O) groups is 1. The van der Waals surface area contributed by atoms with Gasteiger partial charge in [-0.2, -0.15) is 13.2 Å². The molecule has 0 saturated heterocycles. The van der Waals surface area contributed by atoms with Crippen LogP contribution in [0.25, 0.3) is 0 Å². The van der Waals surface area contributed by atoms with E-state index >= 15 is 0 Å². The Morgan fingerprint density at radius 3 is 2.13 bits per heavy atom. The molecule has 0 heterocycles. The molecule has 0 unspecified atom stereocenters. The Kier molecular flexibility index (Phi) is 6.08. The van der Waals surface area contributed by atoms with Crippen molar-refractivity contribution in [1.82, 2.24) is 0 Å². The van der Waals surface area contributed by atoms with Crippen molar-refractivity contribution in [2.75, 3.05) is 16.7 Å². The van der Waals surface area contributed by atoms with Crippen molar-refractivity contribution in [2.45, 2.75) is 18.0 Å². The van der Waals surface area contributed by atoms with Crippen LogP contribution < -0.4 is 9.62 Å². The molecule has 3 aromatic rings. The Labute approximate surface area is 178 Å². The molecule has 0 aliphatic rings. The highest BCUT2D eigenvalue weighted by Crippen LogP contribution is 2.30. The molecule has 0 fully saturated rings. The lowest BCUT2D eigenvalue weighted by Crippen LogP contribution is -2.26. The summed E-state index contributed by atoms with van der Waals surface area (Å²) in [5.74, 6) is -0.644. The fourth-order valence-electron chi connectivity index (χ4n) is 2.80. The molecule has 0 spiro atoms. The highest BCUT2D eigenvalue weighted by atomic mass is 32.2. The van der Waals surface area contributed by atoms with Gasteiger partial charge in [0, 0.05) is 18.3 Å². The Balaban J connectivity index is 1.82. The monoisotopic (exact) mass is 448 g/mol. The fraction of sp³-hybridized carbons (Fsp3) is 0.136. The molecule has 0 aliphatic heterocycles. The molecule has 0 aliphatic carbocycles. The van der Waals surface area contributed by atoms with Crippen molar-refractivity contribution >= 4 is 27.3 Å². The molecular formula is C22H19F3N2O3S. The Bertz CT molecular complexity index is 1190. The summed E-state index contributed by atoms with van der Waals surface area (Å²) >= 11 is 0. The molecule has 0 atom stereocenters. The van der Waals surface area contributed by atoms with Gasteiger partial charge in [0.25, 0.3) is 15.9 Å². The molecule has 31 heavy (non-hydrogen) atoms. The Morgan fingerprint density at radius 2 is 1.55 bits per heavy atom. The minimum absolute atomic E-state index is 0.0540. The summed E-state index contributed by atoms with van der Waals surface area (Å²) < 4.78 is 65.0. The summed E-state index contributed by atoms with van der Waals surface area (Å²) in [6.07, 6.45) is -4.48. The SMILES string of the molecule is Cc1ccc(N(C)S(=O)(=O)c2cccc(C(=O)Nc3ccc(C(F)(F)F)cc3)c2)cc1. The number of benzene rings is 3. The van der Waals surface area contributed by atoms with Crippen LogP contribution in [0.2, 0.25) is 0 Å². The van der Waals surface area contributed by atoms with Gasteiger partial charge in [-0.25, -0.2) is 8.42 Å². The number of nitrogens with zero attached hydrogens (tertiary/aromatic N) is 1. The van der Waals surface area contributed by atoms with E-state index in [0.717, 1.165) is 34.1 Å². The first-order chi connectivity index (χ1) is 14.5.